The molecule has 1 aliphatic rings. The number of rotatable bonds is 5. The fourth-order valence-corrected chi connectivity index (χ4v) is 2.73. The van der Waals surface area contributed by atoms with Crippen molar-refractivity contribution in [1.82, 2.24) is 30.6 Å². The van der Waals surface area contributed by atoms with E-state index in [0.717, 1.165) is 32.0 Å². The predicted molar refractivity (Wildman–Crippen MR) is 76.7 cm³/mol. The van der Waals surface area contributed by atoms with Gasteiger partial charge in [0.2, 0.25) is 0 Å². The fraction of sp³-hybridized carbons (Fsp3) is 0.692. The Morgan fingerprint density at radius 1 is 1.40 bits per heavy atom. The highest BCUT2D eigenvalue weighted by Crippen LogP contribution is 2.21. The van der Waals surface area contributed by atoms with Gasteiger partial charge in [-0.15, -0.1) is 14.8 Å². The van der Waals surface area contributed by atoms with Crippen molar-refractivity contribution in [1.29, 1.82) is 0 Å². The number of piperidine rings is 1. The fourth-order valence-electron chi connectivity index (χ4n) is 2.73. The van der Waals surface area contributed by atoms with Gasteiger partial charge in [0.15, 0.2) is 11.5 Å². The van der Waals surface area contributed by atoms with Gasteiger partial charge >= 0.3 is 0 Å². The molecule has 0 bridgehead atoms. The highest BCUT2D eigenvalue weighted by molar-refractivity contribution is 5.44. The molecule has 1 atom stereocenters. The molecular weight excluding hydrogens is 254 g/mol. The van der Waals surface area contributed by atoms with Gasteiger partial charge in [-0.2, -0.15) is 0 Å². The maximum absolute atomic E-state index is 4.48. The summed E-state index contributed by atoms with van der Waals surface area (Å²) in [5.74, 6) is 1.66. The SMILES string of the molecule is CCCNCC1CCCN(c2ccc3nnnn3n2)C1. The molecule has 1 unspecified atom stereocenters. The quantitative estimate of drug-likeness (QED) is 0.811. The molecular formula is C13H21N7. The second-order valence-corrected chi connectivity index (χ2v) is 5.38. The van der Waals surface area contributed by atoms with Crippen LogP contribution in [-0.2, 0) is 0 Å². The first-order valence-corrected chi connectivity index (χ1v) is 7.38. The summed E-state index contributed by atoms with van der Waals surface area (Å²) in [5, 5.41) is 19.4. The molecule has 108 valence electrons. The van der Waals surface area contributed by atoms with Crippen LogP contribution in [0.3, 0.4) is 0 Å². The van der Waals surface area contributed by atoms with Crippen LogP contribution in [0.15, 0.2) is 12.1 Å². The van der Waals surface area contributed by atoms with Gasteiger partial charge in [-0.05, 0) is 60.8 Å². The monoisotopic (exact) mass is 275 g/mol. The number of fused-ring (bicyclic) bond motifs is 1. The lowest BCUT2D eigenvalue weighted by molar-refractivity contribution is 0.390. The normalized spacial score (nSPS) is 19.6. The molecule has 2 aromatic heterocycles. The minimum absolute atomic E-state index is 0.687. The summed E-state index contributed by atoms with van der Waals surface area (Å²) in [6.45, 7) is 6.51. The molecule has 0 aliphatic carbocycles. The largest absolute Gasteiger partial charge is 0.355 e. The average Bonchev–Trinajstić information content (AvgIpc) is 2.95. The summed E-state index contributed by atoms with van der Waals surface area (Å²) in [6.07, 6.45) is 3.70. The number of nitrogens with one attached hydrogen (secondary N) is 1. The van der Waals surface area contributed by atoms with Crippen molar-refractivity contribution in [2.45, 2.75) is 26.2 Å². The summed E-state index contributed by atoms with van der Waals surface area (Å²) in [5.41, 5.74) is 0.687. The van der Waals surface area contributed by atoms with Crippen molar-refractivity contribution in [2.75, 3.05) is 31.1 Å². The van der Waals surface area contributed by atoms with Crippen LogP contribution in [-0.4, -0.2) is 51.4 Å². The molecule has 2 aromatic rings. The van der Waals surface area contributed by atoms with Crippen molar-refractivity contribution in [2.24, 2.45) is 5.92 Å². The first-order valence-electron chi connectivity index (χ1n) is 7.38. The molecule has 0 amide bonds. The van der Waals surface area contributed by atoms with Gasteiger partial charge in [-0.3, -0.25) is 0 Å². The van der Waals surface area contributed by atoms with Crippen LogP contribution in [0.4, 0.5) is 5.82 Å². The maximum Gasteiger partial charge on any atom is 0.200 e. The number of tetrazole rings is 1. The van der Waals surface area contributed by atoms with E-state index >= 15 is 0 Å². The van der Waals surface area contributed by atoms with Crippen LogP contribution in [0, 0.1) is 5.92 Å². The van der Waals surface area contributed by atoms with Gasteiger partial charge in [0.1, 0.15) is 0 Å². The van der Waals surface area contributed by atoms with E-state index in [1.807, 2.05) is 12.1 Å². The summed E-state index contributed by atoms with van der Waals surface area (Å²) in [4.78, 5) is 2.34. The third-order valence-corrected chi connectivity index (χ3v) is 3.76. The lowest BCUT2D eigenvalue weighted by atomic mass is 9.98. The van der Waals surface area contributed by atoms with E-state index in [9.17, 15) is 0 Å². The first kappa shape index (κ1) is 13.2. The zero-order valence-electron chi connectivity index (χ0n) is 11.9. The van der Waals surface area contributed by atoms with E-state index in [0.29, 0.717) is 11.6 Å². The molecule has 0 saturated carbocycles. The van der Waals surface area contributed by atoms with Crippen molar-refractivity contribution in [3.63, 3.8) is 0 Å². The second kappa shape index (κ2) is 6.13. The number of hydrogen-bond donors (Lipinski definition) is 1. The molecule has 1 N–H and O–H groups in total. The van der Waals surface area contributed by atoms with Gasteiger partial charge in [0.25, 0.3) is 0 Å². The lowest BCUT2D eigenvalue weighted by Gasteiger charge is -2.33. The Labute approximate surface area is 118 Å². The van der Waals surface area contributed by atoms with Crippen molar-refractivity contribution in [3.8, 4) is 0 Å². The Morgan fingerprint density at radius 2 is 2.35 bits per heavy atom. The number of aromatic nitrogens is 5. The van der Waals surface area contributed by atoms with Gasteiger partial charge in [0.05, 0.1) is 0 Å². The summed E-state index contributed by atoms with van der Waals surface area (Å²) in [6, 6.07) is 3.93. The summed E-state index contributed by atoms with van der Waals surface area (Å²) in [7, 11) is 0. The van der Waals surface area contributed by atoms with Crippen LogP contribution in [0.25, 0.3) is 5.65 Å². The molecule has 3 heterocycles. The van der Waals surface area contributed by atoms with E-state index in [1.54, 1.807) is 0 Å². The first-order chi connectivity index (χ1) is 9.86. The topological polar surface area (TPSA) is 71.2 Å². The standard InChI is InChI=1S/C13H21N7/c1-2-7-14-9-11-4-3-8-19(10-11)13-6-5-12-15-17-18-20(12)16-13/h5-6,11,14H,2-4,7-10H2,1H3. The minimum Gasteiger partial charge on any atom is -0.355 e. The van der Waals surface area contributed by atoms with Crippen molar-refractivity contribution >= 4 is 11.5 Å². The van der Waals surface area contributed by atoms with Crippen molar-refractivity contribution < 1.29 is 0 Å². The van der Waals surface area contributed by atoms with Gasteiger partial charge in [0, 0.05) is 13.1 Å². The Bertz CT molecular complexity index is 552. The maximum atomic E-state index is 4.48. The van der Waals surface area contributed by atoms with Gasteiger partial charge < -0.3 is 10.2 Å². The van der Waals surface area contributed by atoms with Gasteiger partial charge in [-0.1, -0.05) is 6.92 Å². The predicted octanol–water partition coefficient (Wildman–Crippen LogP) is 0.735. The minimum atomic E-state index is 0.687. The smallest absolute Gasteiger partial charge is 0.200 e. The van der Waals surface area contributed by atoms with E-state index in [1.165, 1.54) is 23.9 Å². The third kappa shape index (κ3) is 2.87. The molecule has 0 aromatic carbocycles. The highest BCUT2D eigenvalue weighted by atomic mass is 15.6. The third-order valence-electron chi connectivity index (χ3n) is 3.76. The number of hydrogen-bond acceptors (Lipinski definition) is 6. The molecule has 0 radical (unpaired) electrons. The second-order valence-electron chi connectivity index (χ2n) is 5.38. The van der Waals surface area contributed by atoms with Crippen LogP contribution in [0.1, 0.15) is 26.2 Å². The van der Waals surface area contributed by atoms with Crippen LogP contribution < -0.4 is 10.2 Å². The molecule has 7 heteroatoms. The molecule has 7 nitrogen and oxygen atoms in total. The molecule has 1 fully saturated rings. The van der Waals surface area contributed by atoms with E-state index in [4.69, 9.17) is 0 Å². The van der Waals surface area contributed by atoms with Crippen LogP contribution in [0.2, 0.25) is 0 Å². The zero-order valence-corrected chi connectivity index (χ0v) is 11.9. The molecule has 20 heavy (non-hydrogen) atoms. The highest BCUT2D eigenvalue weighted by Gasteiger charge is 2.21. The number of anilines is 1. The molecule has 3 rings (SSSR count). The summed E-state index contributed by atoms with van der Waals surface area (Å²) >= 11 is 0. The molecule has 0 spiro atoms. The molecule has 1 saturated heterocycles. The average molecular weight is 275 g/mol. The Balaban J connectivity index is 1.66. The van der Waals surface area contributed by atoms with Crippen molar-refractivity contribution in [3.05, 3.63) is 12.1 Å². The zero-order chi connectivity index (χ0) is 13.8. The Hall–Kier alpha value is -1.76. The number of nitrogens with zero attached hydrogens (tertiary/aromatic N) is 6. The van der Waals surface area contributed by atoms with E-state index < -0.39 is 0 Å². The summed E-state index contributed by atoms with van der Waals surface area (Å²) < 4.78 is 1.49. The van der Waals surface area contributed by atoms with Crippen LogP contribution >= 0.6 is 0 Å². The lowest BCUT2D eigenvalue weighted by Crippen LogP contribution is -2.40. The van der Waals surface area contributed by atoms with Gasteiger partial charge in [-0.25, -0.2) is 0 Å². The van der Waals surface area contributed by atoms with E-state index in [-0.39, 0.29) is 0 Å². The van der Waals surface area contributed by atoms with Crippen LogP contribution in [0.5, 0.6) is 0 Å². The molecule has 1 aliphatic heterocycles. The Morgan fingerprint density at radius 3 is 3.25 bits per heavy atom. The van der Waals surface area contributed by atoms with E-state index in [2.05, 4.69) is 37.8 Å². The Kier molecular flexibility index (Phi) is 4.05.